The second kappa shape index (κ2) is 7.56. The summed E-state index contributed by atoms with van der Waals surface area (Å²) < 4.78 is 7.03. The van der Waals surface area contributed by atoms with Crippen molar-refractivity contribution in [2.75, 3.05) is 36.5 Å². The zero-order chi connectivity index (χ0) is 22.5. The van der Waals surface area contributed by atoms with Crippen LogP contribution in [0.4, 0.5) is 11.5 Å². The van der Waals surface area contributed by atoms with Gasteiger partial charge in [0.25, 0.3) is 11.8 Å². The average Bonchev–Trinajstić information content (AvgIpc) is 3.35. The molecule has 0 aromatic carbocycles. The Morgan fingerprint density at radius 3 is 2.75 bits per heavy atom. The molecule has 0 radical (unpaired) electrons. The summed E-state index contributed by atoms with van der Waals surface area (Å²) in [4.78, 5) is 39.1. The van der Waals surface area contributed by atoms with Gasteiger partial charge in [0.05, 0.1) is 25.1 Å². The molecule has 2 aliphatic rings. The Morgan fingerprint density at radius 2 is 2.00 bits per heavy atom. The highest BCUT2D eigenvalue weighted by atomic mass is 16.5. The molecule has 5 heterocycles. The first-order valence-corrected chi connectivity index (χ1v) is 10.6. The van der Waals surface area contributed by atoms with Crippen molar-refractivity contribution in [3.63, 3.8) is 0 Å². The van der Waals surface area contributed by atoms with Crippen molar-refractivity contribution < 1.29 is 14.3 Å². The molecule has 1 fully saturated rings. The lowest BCUT2D eigenvalue weighted by molar-refractivity contribution is 0.0605. The minimum atomic E-state index is -0.330. The quantitative estimate of drug-likeness (QED) is 0.671. The zero-order valence-electron chi connectivity index (χ0n) is 18.3. The predicted molar refractivity (Wildman–Crippen MR) is 118 cm³/mol. The predicted octanol–water partition coefficient (Wildman–Crippen LogP) is 1.97. The van der Waals surface area contributed by atoms with Gasteiger partial charge in [0.1, 0.15) is 11.3 Å². The first-order valence-electron chi connectivity index (χ1n) is 10.6. The van der Waals surface area contributed by atoms with Crippen LogP contribution in [-0.4, -0.2) is 68.1 Å². The number of hydrogen-bond acceptors (Lipinski definition) is 7. The molecule has 0 unspecified atom stereocenters. The highest BCUT2D eigenvalue weighted by molar-refractivity contribution is 6.09. The molecule has 1 saturated heterocycles. The van der Waals surface area contributed by atoms with Gasteiger partial charge < -0.3 is 19.9 Å². The van der Waals surface area contributed by atoms with Gasteiger partial charge in [-0.3, -0.25) is 9.59 Å². The number of hydrogen-bond donors (Lipinski definition) is 1. The van der Waals surface area contributed by atoms with E-state index in [9.17, 15) is 9.59 Å². The van der Waals surface area contributed by atoms with Crippen LogP contribution in [0.5, 0.6) is 0 Å². The molecular weight excluding hydrogens is 410 g/mol. The van der Waals surface area contributed by atoms with Gasteiger partial charge in [0, 0.05) is 43.1 Å². The van der Waals surface area contributed by atoms with Gasteiger partial charge in [-0.05, 0) is 32.9 Å². The van der Waals surface area contributed by atoms with E-state index in [1.165, 1.54) is 6.20 Å². The van der Waals surface area contributed by atoms with Gasteiger partial charge in [-0.15, -0.1) is 0 Å². The van der Waals surface area contributed by atoms with Crippen LogP contribution in [0.2, 0.25) is 0 Å². The Balaban J connectivity index is 1.54. The molecule has 3 aromatic rings. The standard InChI is InChI=1S/C22H25N7O3/c1-22(2,3)28-13-14-11-16(19(26-17(14)21(28)31)27-7-9-32-10-8-27)25-20(30)15-12-24-29-6-4-5-23-18(15)29/h4-6,11-12H,7-10,13H2,1-3H3,(H,25,30). The van der Waals surface area contributed by atoms with Crippen LogP contribution < -0.4 is 10.2 Å². The summed E-state index contributed by atoms with van der Waals surface area (Å²) in [6.45, 7) is 8.84. The van der Waals surface area contributed by atoms with E-state index >= 15 is 0 Å². The van der Waals surface area contributed by atoms with Crippen molar-refractivity contribution >= 4 is 29.0 Å². The van der Waals surface area contributed by atoms with E-state index in [2.05, 4.69) is 15.4 Å². The number of pyridine rings is 1. The van der Waals surface area contributed by atoms with Gasteiger partial charge >= 0.3 is 0 Å². The third-order valence-corrected chi connectivity index (χ3v) is 5.75. The minimum Gasteiger partial charge on any atom is -0.378 e. The normalized spacial score (nSPS) is 16.5. The number of carbonyl (C=O) groups is 2. The fourth-order valence-corrected chi connectivity index (χ4v) is 4.05. The van der Waals surface area contributed by atoms with Crippen LogP contribution in [0, 0.1) is 0 Å². The second-order valence-electron chi connectivity index (χ2n) is 8.93. The molecule has 0 bridgehead atoms. The maximum Gasteiger partial charge on any atom is 0.273 e. The number of anilines is 2. The highest BCUT2D eigenvalue weighted by Crippen LogP contribution is 2.34. The smallest absolute Gasteiger partial charge is 0.273 e. The number of fused-ring (bicyclic) bond motifs is 2. The Morgan fingerprint density at radius 1 is 1.22 bits per heavy atom. The number of rotatable bonds is 3. The van der Waals surface area contributed by atoms with Gasteiger partial charge in [0.2, 0.25) is 0 Å². The van der Waals surface area contributed by atoms with E-state index in [4.69, 9.17) is 9.72 Å². The lowest BCUT2D eigenvalue weighted by Gasteiger charge is -2.31. The molecule has 1 N–H and O–H groups in total. The van der Waals surface area contributed by atoms with Gasteiger partial charge in [-0.25, -0.2) is 14.5 Å². The number of ether oxygens (including phenoxy) is 1. The van der Waals surface area contributed by atoms with Crippen molar-refractivity contribution in [2.24, 2.45) is 0 Å². The zero-order valence-corrected chi connectivity index (χ0v) is 18.3. The molecule has 10 heteroatoms. The Hall–Kier alpha value is -3.53. The average molecular weight is 435 g/mol. The molecule has 2 amide bonds. The van der Waals surface area contributed by atoms with E-state index in [0.29, 0.717) is 61.3 Å². The minimum absolute atomic E-state index is 0.0910. The SMILES string of the molecule is CC(C)(C)N1Cc2cc(NC(=O)c3cnn4cccnc34)c(N3CCOCC3)nc2C1=O. The van der Waals surface area contributed by atoms with E-state index in [1.54, 1.807) is 27.9 Å². The van der Waals surface area contributed by atoms with Crippen molar-refractivity contribution in [1.29, 1.82) is 0 Å². The molecule has 5 rings (SSSR count). The molecule has 0 atom stereocenters. The van der Waals surface area contributed by atoms with Crippen LogP contribution in [0.1, 0.15) is 47.2 Å². The number of carbonyl (C=O) groups excluding carboxylic acids is 2. The number of amides is 2. The maximum absolute atomic E-state index is 13.2. The number of nitrogens with one attached hydrogen (secondary N) is 1. The first-order chi connectivity index (χ1) is 15.3. The van der Waals surface area contributed by atoms with Crippen LogP contribution in [0.15, 0.2) is 30.7 Å². The summed E-state index contributed by atoms with van der Waals surface area (Å²) in [5, 5.41) is 7.19. The molecular formula is C22H25N7O3. The molecule has 0 spiro atoms. The Kier molecular flexibility index (Phi) is 4.81. The summed E-state index contributed by atoms with van der Waals surface area (Å²) in [5.41, 5.74) is 2.32. The maximum atomic E-state index is 13.2. The van der Waals surface area contributed by atoms with Gasteiger partial charge in [-0.2, -0.15) is 5.10 Å². The Labute approximate surface area is 185 Å². The van der Waals surface area contributed by atoms with Crippen LogP contribution >= 0.6 is 0 Å². The summed E-state index contributed by atoms with van der Waals surface area (Å²) in [7, 11) is 0. The molecule has 10 nitrogen and oxygen atoms in total. The lowest BCUT2D eigenvalue weighted by Crippen LogP contribution is -2.41. The summed E-state index contributed by atoms with van der Waals surface area (Å²) in [6.07, 6.45) is 4.86. The molecule has 0 saturated carbocycles. The third-order valence-electron chi connectivity index (χ3n) is 5.75. The molecule has 2 aliphatic heterocycles. The van der Waals surface area contributed by atoms with Crippen LogP contribution in [-0.2, 0) is 11.3 Å². The molecule has 32 heavy (non-hydrogen) atoms. The third kappa shape index (κ3) is 3.46. The topological polar surface area (TPSA) is 105 Å². The summed E-state index contributed by atoms with van der Waals surface area (Å²) in [6, 6.07) is 3.62. The summed E-state index contributed by atoms with van der Waals surface area (Å²) >= 11 is 0. The molecule has 0 aliphatic carbocycles. The molecule has 3 aromatic heterocycles. The van der Waals surface area contributed by atoms with Crippen LogP contribution in [0.3, 0.4) is 0 Å². The van der Waals surface area contributed by atoms with Gasteiger partial charge in [0.15, 0.2) is 11.5 Å². The largest absolute Gasteiger partial charge is 0.378 e. The lowest BCUT2D eigenvalue weighted by atomic mass is 10.1. The highest BCUT2D eigenvalue weighted by Gasteiger charge is 2.37. The number of nitrogens with zero attached hydrogens (tertiary/aromatic N) is 6. The molecule has 166 valence electrons. The van der Waals surface area contributed by atoms with E-state index in [-0.39, 0.29) is 17.4 Å². The van der Waals surface area contributed by atoms with E-state index in [1.807, 2.05) is 31.7 Å². The van der Waals surface area contributed by atoms with Gasteiger partial charge in [-0.1, -0.05) is 0 Å². The Bertz CT molecular complexity index is 1210. The first kappa shape index (κ1) is 20.4. The number of aromatic nitrogens is 4. The van der Waals surface area contributed by atoms with E-state index < -0.39 is 0 Å². The number of morpholine rings is 1. The van der Waals surface area contributed by atoms with Crippen molar-refractivity contribution in [1.82, 2.24) is 24.5 Å². The fraction of sp³-hybridized carbons (Fsp3) is 0.409. The summed E-state index contributed by atoms with van der Waals surface area (Å²) in [5.74, 6) is 0.160. The van der Waals surface area contributed by atoms with Crippen molar-refractivity contribution in [3.05, 3.63) is 47.5 Å². The second-order valence-corrected chi connectivity index (χ2v) is 8.93. The van der Waals surface area contributed by atoms with Crippen molar-refractivity contribution in [3.8, 4) is 0 Å². The fourth-order valence-electron chi connectivity index (χ4n) is 4.05. The monoisotopic (exact) mass is 435 g/mol. The van der Waals surface area contributed by atoms with E-state index in [0.717, 1.165) is 5.56 Å². The van der Waals surface area contributed by atoms with Crippen molar-refractivity contribution in [2.45, 2.75) is 32.9 Å². The van der Waals surface area contributed by atoms with Crippen LogP contribution in [0.25, 0.3) is 5.65 Å².